The Morgan fingerprint density at radius 1 is 1.17 bits per heavy atom. The number of piperidine rings is 1. The number of aromatic nitrogens is 2. The fourth-order valence-corrected chi connectivity index (χ4v) is 6.46. The van der Waals surface area contributed by atoms with Crippen molar-refractivity contribution in [3.63, 3.8) is 0 Å². The van der Waals surface area contributed by atoms with E-state index in [2.05, 4.69) is 14.8 Å². The highest BCUT2D eigenvalue weighted by Crippen LogP contribution is 2.24. The average Bonchev–Trinajstić information content (AvgIpc) is 3.09. The van der Waals surface area contributed by atoms with Crippen molar-refractivity contribution in [2.75, 3.05) is 58.9 Å². The van der Waals surface area contributed by atoms with Crippen molar-refractivity contribution in [2.45, 2.75) is 57.9 Å². The van der Waals surface area contributed by atoms with Crippen LogP contribution in [0.3, 0.4) is 0 Å². The van der Waals surface area contributed by atoms with Crippen molar-refractivity contribution >= 4 is 9.84 Å². The predicted octanol–water partition coefficient (Wildman–Crippen LogP) is 1.65. The van der Waals surface area contributed by atoms with Gasteiger partial charge in [-0.2, -0.15) is 0 Å². The van der Waals surface area contributed by atoms with E-state index in [1.165, 1.54) is 0 Å². The maximum absolute atomic E-state index is 13.0. The van der Waals surface area contributed by atoms with Crippen molar-refractivity contribution in [2.24, 2.45) is 5.41 Å². The molecule has 2 fully saturated rings. The molecular formula is C21H38N4O4S. The second kappa shape index (κ2) is 10.1. The van der Waals surface area contributed by atoms with Crippen LogP contribution < -0.4 is 0 Å². The molecule has 0 atom stereocenters. The Balaban J connectivity index is 1.68. The third-order valence-corrected chi connectivity index (χ3v) is 7.95. The van der Waals surface area contributed by atoms with Crippen LogP contribution in [-0.4, -0.2) is 92.7 Å². The molecule has 0 unspecified atom stereocenters. The summed E-state index contributed by atoms with van der Waals surface area (Å²) in [5.74, 6) is 0.0778. The molecule has 0 N–H and O–H groups in total. The summed E-state index contributed by atoms with van der Waals surface area (Å²) in [4.78, 5) is 9.32. The molecule has 0 bridgehead atoms. The van der Waals surface area contributed by atoms with Gasteiger partial charge in [0.1, 0.15) is 0 Å². The smallest absolute Gasteiger partial charge is 0.227 e. The first-order valence-electron chi connectivity index (χ1n) is 11.0. The van der Waals surface area contributed by atoms with E-state index in [0.29, 0.717) is 19.2 Å². The zero-order valence-electron chi connectivity index (χ0n) is 19.0. The molecule has 2 saturated heterocycles. The zero-order chi connectivity index (χ0) is 21.8. The van der Waals surface area contributed by atoms with E-state index in [1.807, 2.05) is 25.3 Å². The van der Waals surface area contributed by atoms with Crippen LogP contribution in [0.5, 0.6) is 0 Å². The summed E-state index contributed by atoms with van der Waals surface area (Å²) >= 11 is 0. The summed E-state index contributed by atoms with van der Waals surface area (Å²) in [7, 11) is -1.83. The maximum Gasteiger partial charge on any atom is 0.227 e. The highest BCUT2D eigenvalue weighted by atomic mass is 32.2. The first kappa shape index (κ1) is 23.7. The summed E-state index contributed by atoms with van der Waals surface area (Å²) in [6, 6.07) is 0.631. The average molecular weight is 443 g/mol. The number of hydrogen-bond acceptors (Lipinski definition) is 7. The van der Waals surface area contributed by atoms with E-state index in [-0.39, 0.29) is 16.3 Å². The van der Waals surface area contributed by atoms with E-state index in [1.54, 1.807) is 13.3 Å². The van der Waals surface area contributed by atoms with E-state index in [0.717, 1.165) is 64.5 Å². The highest BCUT2D eigenvalue weighted by molar-refractivity contribution is 7.91. The molecule has 0 saturated carbocycles. The number of morpholine rings is 1. The van der Waals surface area contributed by atoms with Crippen LogP contribution in [0.15, 0.2) is 11.4 Å². The minimum absolute atomic E-state index is 0.0778. The fourth-order valence-electron chi connectivity index (χ4n) is 4.44. The molecule has 2 aliphatic heterocycles. The molecule has 9 heteroatoms. The SMILES string of the molecule is COCCn1c(CN2CCC(N3CCOCC3)CC2)cnc1S(=O)(=O)CC(C)(C)C. The lowest BCUT2D eigenvalue weighted by Gasteiger charge is -2.40. The Kier molecular flexibility index (Phi) is 7.95. The molecule has 1 aromatic heterocycles. The van der Waals surface area contributed by atoms with Crippen LogP contribution in [0.25, 0.3) is 0 Å². The van der Waals surface area contributed by atoms with Crippen LogP contribution >= 0.6 is 0 Å². The van der Waals surface area contributed by atoms with Crippen molar-refractivity contribution in [1.29, 1.82) is 0 Å². The maximum atomic E-state index is 13.0. The van der Waals surface area contributed by atoms with Gasteiger partial charge in [-0.1, -0.05) is 20.8 Å². The molecule has 0 aliphatic carbocycles. The van der Waals surface area contributed by atoms with Crippen molar-refractivity contribution in [3.8, 4) is 0 Å². The number of ether oxygens (including phenoxy) is 2. The predicted molar refractivity (Wildman–Crippen MR) is 116 cm³/mol. The van der Waals surface area contributed by atoms with Crippen molar-refractivity contribution in [3.05, 3.63) is 11.9 Å². The number of sulfone groups is 1. The highest BCUT2D eigenvalue weighted by Gasteiger charge is 2.30. The number of likely N-dealkylation sites (tertiary alicyclic amines) is 1. The van der Waals surface area contributed by atoms with E-state index >= 15 is 0 Å². The Hall–Kier alpha value is -1.000. The van der Waals surface area contributed by atoms with E-state index in [9.17, 15) is 8.42 Å². The Labute approximate surface area is 181 Å². The summed E-state index contributed by atoms with van der Waals surface area (Å²) < 4.78 is 38.6. The van der Waals surface area contributed by atoms with Crippen LogP contribution in [0.4, 0.5) is 0 Å². The number of rotatable bonds is 8. The molecule has 3 rings (SSSR count). The Bertz CT molecular complexity index is 773. The molecule has 0 spiro atoms. The molecule has 0 aromatic carbocycles. The second-order valence-electron chi connectivity index (χ2n) is 9.65. The van der Waals surface area contributed by atoms with Gasteiger partial charge in [0.25, 0.3) is 0 Å². The monoisotopic (exact) mass is 442 g/mol. The van der Waals surface area contributed by atoms with Gasteiger partial charge in [0.15, 0.2) is 0 Å². The molecule has 1 aromatic rings. The van der Waals surface area contributed by atoms with Gasteiger partial charge < -0.3 is 14.0 Å². The van der Waals surface area contributed by atoms with Crippen LogP contribution in [-0.2, 0) is 32.4 Å². The molecular weight excluding hydrogens is 404 g/mol. The summed E-state index contributed by atoms with van der Waals surface area (Å²) in [6.07, 6.45) is 4.02. The molecule has 2 aliphatic rings. The normalized spacial score (nSPS) is 20.7. The fraction of sp³-hybridized carbons (Fsp3) is 0.857. The van der Waals surface area contributed by atoms with Crippen molar-refractivity contribution in [1.82, 2.24) is 19.4 Å². The lowest BCUT2D eigenvalue weighted by atomic mass is 10.0. The number of hydrogen-bond donors (Lipinski definition) is 0. The largest absolute Gasteiger partial charge is 0.383 e. The summed E-state index contributed by atoms with van der Waals surface area (Å²) in [5, 5.41) is 0.174. The Morgan fingerprint density at radius 2 is 1.83 bits per heavy atom. The third kappa shape index (κ3) is 6.26. The van der Waals surface area contributed by atoms with Gasteiger partial charge >= 0.3 is 0 Å². The van der Waals surface area contributed by atoms with Crippen LogP contribution in [0.2, 0.25) is 0 Å². The minimum atomic E-state index is -3.46. The van der Waals surface area contributed by atoms with Crippen LogP contribution in [0.1, 0.15) is 39.3 Å². The van der Waals surface area contributed by atoms with E-state index in [4.69, 9.17) is 9.47 Å². The molecule has 30 heavy (non-hydrogen) atoms. The molecule has 172 valence electrons. The topological polar surface area (TPSA) is 76.9 Å². The lowest BCUT2D eigenvalue weighted by molar-refractivity contribution is 0.0000190. The molecule has 8 nitrogen and oxygen atoms in total. The van der Waals surface area contributed by atoms with Crippen molar-refractivity contribution < 1.29 is 17.9 Å². The molecule has 0 radical (unpaired) electrons. The third-order valence-electron chi connectivity index (χ3n) is 5.83. The second-order valence-corrected chi connectivity index (χ2v) is 11.5. The Morgan fingerprint density at radius 3 is 2.43 bits per heavy atom. The summed E-state index contributed by atoms with van der Waals surface area (Å²) in [6.45, 7) is 13.3. The molecule has 0 amide bonds. The van der Waals surface area contributed by atoms with Gasteiger partial charge in [0.05, 0.1) is 37.5 Å². The number of imidazole rings is 1. The van der Waals surface area contributed by atoms with E-state index < -0.39 is 9.84 Å². The van der Waals surface area contributed by atoms with Gasteiger partial charge in [-0.3, -0.25) is 9.80 Å². The standard InChI is InChI=1S/C21H38N4O4S/c1-21(2,3)17-30(26,27)20-22-15-19(25(20)11-12-28-4)16-23-7-5-18(6-8-23)24-9-13-29-14-10-24/h15,18H,5-14,16-17H2,1-4H3. The van der Waals surface area contributed by atoms with Gasteiger partial charge in [-0.05, 0) is 18.3 Å². The van der Waals surface area contributed by atoms with Gasteiger partial charge in [0.2, 0.25) is 15.0 Å². The molecule has 3 heterocycles. The summed E-state index contributed by atoms with van der Waals surface area (Å²) in [5.41, 5.74) is 0.627. The lowest BCUT2D eigenvalue weighted by Crippen LogP contribution is -2.48. The number of methoxy groups -OCH3 is 1. The van der Waals surface area contributed by atoms with Gasteiger partial charge in [-0.15, -0.1) is 0 Å². The zero-order valence-corrected chi connectivity index (χ0v) is 19.8. The first-order chi connectivity index (χ1) is 14.2. The van der Waals surface area contributed by atoms with Crippen LogP contribution in [0, 0.1) is 5.41 Å². The van der Waals surface area contributed by atoms with Gasteiger partial charge in [-0.25, -0.2) is 13.4 Å². The first-order valence-corrected chi connectivity index (χ1v) is 12.6. The van der Waals surface area contributed by atoms with Gasteiger partial charge in [0, 0.05) is 52.4 Å². The minimum Gasteiger partial charge on any atom is -0.383 e. The quantitative estimate of drug-likeness (QED) is 0.606. The number of nitrogens with zero attached hydrogens (tertiary/aromatic N) is 4.